The third-order valence-corrected chi connectivity index (χ3v) is 4.67. The van der Waals surface area contributed by atoms with Crippen LogP contribution in [0.2, 0.25) is 0 Å². The minimum absolute atomic E-state index is 0.0475. The van der Waals surface area contributed by atoms with Gasteiger partial charge in [-0.25, -0.2) is 0 Å². The van der Waals surface area contributed by atoms with Gasteiger partial charge in [-0.3, -0.25) is 14.5 Å². The molecule has 0 spiro atoms. The van der Waals surface area contributed by atoms with Crippen molar-refractivity contribution in [1.29, 1.82) is 0 Å². The van der Waals surface area contributed by atoms with E-state index in [1.807, 2.05) is 6.07 Å². The predicted molar refractivity (Wildman–Crippen MR) is 84.1 cm³/mol. The number of benzene rings is 1. The maximum absolute atomic E-state index is 12.1. The number of carbonyl (C=O) groups is 2. The summed E-state index contributed by atoms with van der Waals surface area (Å²) < 4.78 is 0. The summed E-state index contributed by atoms with van der Waals surface area (Å²) in [4.78, 5) is 29.7. The molecule has 0 aliphatic carbocycles. The second-order valence-corrected chi connectivity index (χ2v) is 6.26. The van der Waals surface area contributed by atoms with E-state index in [-0.39, 0.29) is 30.9 Å². The van der Waals surface area contributed by atoms with Gasteiger partial charge in [-0.1, -0.05) is 30.3 Å². The Morgan fingerprint density at radius 3 is 2.36 bits per heavy atom. The van der Waals surface area contributed by atoms with Crippen LogP contribution in [-0.2, 0) is 16.1 Å². The Morgan fingerprint density at radius 2 is 1.68 bits per heavy atom. The molecule has 0 unspecified atom stereocenters. The second-order valence-electron chi connectivity index (χ2n) is 6.26. The van der Waals surface area contributed by atoms with Gasteiger partial charge in [-0.2, -0.15) is 0 Å². The minimum atomic E-state index is 0.0475. The quantitative estimate of drug-likeness (QED) is 0.835. The summed E-state index contributed by atoms with van der Waals surface area (Å²) in [6.07, 6.45) is 1.91. The van der Waals surface area contributed by atoms with Crippen molar-refractivity contribution in [2.24, 2.45) is 0 Å². The zero-order chi connectivity index (χ0) is 15.5. The van der Waals surface area contributed by atoms with Gasteiger partial charge >= 0.3 is 0 Å². The molecule has 2 aliphatic heterocycles. The highest BCUT2D eigenvalue weighted by Crippen LogP contribution is 2.20. The molecular weight excluding hydrogens is 278 g/mol. The first kappa shape index (κ1) is 15.0. The topological polar surface area (TPSA) is 43.9 Å². The molecule has 2 aliphatic rings. The van der Waals surface area contributed by atoms with Crippen molar-refractivity contribution in [2.45, 2.75) is 25.4 Å². The monoisotopic (exact) mass is 301 g/mol. The van der Waals surface area contributed by atoms with E-state index in [0.717, 1.165) is 32.5 Å². The normalized spacial score (nSPS) is 21.5. The Kier molecular flexibility index (Phi) is 4.43. The lowest BCUT2D eigenvalue weighted by molar-refractivity contribution is -0.151. The van der Waals surface area contributed by atoms with Crippen molar-refractivity contribution in [1.82, 2.24) is 14.7 Å². The molecule has 1 aromatic carbocycles. The summed E-state index contributed by atoms with van der Waals surface area (Å²) >= 11 is 0. The fourth-order valence-electron chi connectivity index (χ4n) is 3.30. The van der Waals surface area contributed by atoms with Gasteiger partial charge in [0.25, 0.3) is 0 Å². The SMILES string of the molecule is CN1CC(=O)N(C2CCN(Cc3ccccc3)CC2)CC1=O. The lowest BCUT2D eigenvalue weighted by Gasteiger charge is -2.41. The van der Waals surface area contributed by atoms with Crippen molar-refractivity contribution < 1.29 is 9.59 Å². The number of likely N-dealkylation sites (tertiary alicyclic amines) is 1. The van der Waals surface area contributed by atoms with Gasteiger partial charge in [-0.05, 0) is 18.4 Å². The van der Waals surface area contributed by atoms with Gasteiger partial charge in [-0.15, -0.1) is 0 Å². The molecule has 0 saturated carbocycles. The molecule has 22 heavy (non-hydrogen) atoms. The molecule has 2 fully saturated rings. The Bertz CT molecular complexity index is 538. The molecule has 5 heteroatoms. The number of piperidine rings is 1. The molecule has 5 nitrogen and oxygen atoms in total. The first-order chi connectivity index (χ1) is 10.6. The van der Waals surface area contributed by atoms with Crippen molar-refractivity contribution >= 4 is 11.8 Å². The maximum Gasteiger partial charge on any atom is 0.242 e. The number of rotatable bonds is 3. The van der Waals surface area contributed by atoms with Crippen LogP contribution in [0, 0.1) is 0 Å². The van der Waals surface area contributed by atoms with Gasteiger partial charge in [0.2, 0.25) is 11.8 Å². The zero-order valence-corrected chi connectivity index (χ0v) is 13.1. The Hall–Kier alpha value is -1.88. The Labute approximate surface area is 131 Å². The number of hydrogen-bond donors (Lipinski definition) is 0. The zero-order valence-electron chi connectivity index (χ0n) is 13.1. The third-order valence-electron chi connectivity index (χ3n) is 4.67. The van der Waals surface area contributed by atoms with E-state index in [9.17, 15) is 9.59 Å². The molecule has 0 radical (unpaired) electrons. The van der Waals surface area contributed by atoms with Crippen molar-refractivity contribution in [3.05, 3.63) is 35.9 Å². The summed E-state index contributed by atoms with van der Waals surface area (Å²) in [5.41, 5.74) is 1.33. The third kappa shape index (κ3) is 3.30. The number of hydrogen-bond acceptors (Lipinski definition) is 3. The fourth-order valence-corrected chi connectivity index (χ4v) is 3.30. The predicted octanol–water partition coefficient (Wildman–Crippen LogP) is 0.952. The molecule has 0 N–H and O–H groups in total. The van der Waals surface area contributed by atoms with Crippen LogP contribution in [0.4, 0.5) is 0 Å². The van der Waals surface area contributed by atoms with Crippen molar-refractivity contribution in [3.63, 3.8) is 0 Å². The number of amides is 2. The van der Waals surface area contributed by atoms with Crippen molar-refractivity contribution in [2.75, 3.05) is 33.2 Å². The number of nitrogens with zero attached hydrogens (tertiary/aromatic N) is 3. The van der Waals surface area contributed by atoms with Crippen LogP contribution in [0.5, 0.6) is 0 Å². The summed E-state index contributed by atoms with van der Waals surface area (Å²) in [5.74, 6) is 0.134. The van der Waals surface area contributed by atoms with Gasteiger partial charge in [0.05, 0.1) is 6.54 Å². The van der Waals surface area contributed by atoms with Crippen LogP contribution in [-0.4, -0.2) is 65.8 Å². The van der Waals surface area contributed by atoms with Gasteiger partial charge < -0.3 is 9.80 Å². The Morgan fingerprint density at radius 1 is 1.00 bits per heavy atom. The van der Waals surface area contributed by atoms with Crippen LogP contribution < -0.4 is 0 Å². The first-order valence-electron chi connectivity index (χ1n) is 7.93. The van der Waals surface area contributed by atoms with Gasteiger partial charge in [0.1, 0.15) is 6.54 Å². The van der Waals surface area contributed by atoms with E-state index in [2.05, 4.69) is 29.2 Å². The molecule has 118 valence electrons. The average molecular weight is 301 g/mol. The molecule has 0 bridgehead atoms. The van der Waals surface area contributed by atoms with Gasteiger partial charge in [0.15, 0.2) is 0 Å². The van der Waals surface area contributed by atoms with E-state index in [4.69, 9.17) is 0 Å². The van der Waals surface area contributed by atoms with Crippen LogP contribution in [0.3, 0.4) is 0 Å². The minimum Gasteiger partial charge on any atom is -0.335 e. The molecule has 2 amide bonds. The highest BCUT2D eigenvalue weighted by Gasteiger charge is 2.34. The molecule has 3 rings (SSSR count). The summed E-state index contributed by atoms with van der Waals surface area (Å²) in [5, 5.41) is 0. The second kappa shape index (κ2) is 6.48. The smallest absolute Gasteiger partial charge is 0.242 e. The van der Waals surface area contributed by atoms with Crippen LogP contribution in [0.15, 0.2) is 30.3 Å². The van der Waals surface area contributed by atoms with Gasteiger partial charge in [0, 0.05) is 32.7 Å². The summed E-state index contributed by atoms with van der Waals surface area (Å²) in [6, 6.07) is 10.7. The largest absolute Gasteiger partial charge is 0.335 e. The highest BCUT2D eigenvalue weighted by molar-refractivity contribution is 5.92. The van der Waals surface area contributed by atoms with Crippen LogP contribution in [0.1, 0.15) is 18.4 Å². The summed E-state index contributed by atoms with van der Waals surface area (Å²) in [6.45, 7) is 3.39. The van der Waals surface area contributed by atoms with E-state index in [0.29, 0.717) is 0 Å². The van der Waals surface area contributed by atoms with Crippen LogP contribution >= 0.6 is 0 Å². The standard InChI is InChI=1S/C17H23N3O2/c1-18-12-17(22)20(13-16(18)21)15-7-9-19(10-8-15)11-14-5-3-2-4-6-14/h2-6,15H,7-13H2,1H3. The van der Waals surface area contributed by atoms with E-state index < -0.39 is 0 Å². The first-order valence-corrected chi connectivity index (χ1v) is 7.93. The lowest BCUT2D eigenvalue weighted by atomic mass is 10.0. The maximum atomic E-state index is 12.1. The molecule has 2 saturated heterocycles. The van der Waals surface area contributed by atoms with Crippen molar-refractivity contribution in [3.8, 4) is 0 Å². The molecule has 0 atom stereocenters. The van der Waals surface area contributed by atoms with E-state index in [1.54, 1.807) is 11.9 Å². The lowest BCUT2D eigenvalue weighted by Crippen LogP contribution is -2.57. The van der Waals surface area contributed by atoms with E-state index >= 15 is 0 Å². The number of piperazine rings is 1. The number of carbonyl (C=O) groups excluding carboxylic acids is 2. The Balaban J connectivity index is 1.53. The number of likely N-dealkylation sites (N-methyl/N-ethyl adjacent to an activating group) is 1. The summed E-state index contributed by atoms with van der Waals surface area (Å²) in [7, 11) is 1.69. The molecule has 0 aromatic heterocycles. The van der Waals surface area contributed by atoms with E-state index in [1.165, 1.54) is 10.5 Å². The average Bonchev–Trinajstić information content (AvgIpc) is 2.53. The van der Waals surface area contributed by atoms with Crippen LogP contribution in [0.25, 0.3) is 0 Å². The molecule has 1 aromatic rings. The molecule has 2 heterocycles. The fraction of sp³-hybridized carbons (Fsp3) is 0.529. The molecular formula is C17H23N3O2. The highest BCUT2D eigenvalue weighted by atomic mass is 16.2.